The number of carboxylic acids is 1. The van der Waals surface area contributed by atoms with E-state index in [0.717, 1.165) is 18.1 Å². The molecule has 3 nitrogen and oxygen atoms in total. The fraction of sp³-hybridized carbons (Fsp3) is 0.357. The first-order chi connectivity index (χ1) is 8.52. The second-order valence-electron chi connectivity index (χ2n) is 4.04. The van der Waals surface area contributed by atoms with Crippen LogP contribution in [0.25, 0.3) is 6.08 Å². The lowest BCUT2D eigenvalue weighted by atomic mass is 10.1. The molecule has 1 rings (SSSR count). The maximum atomic E-state index is 13.1. The molecule has 0 spiro atoms. The summed E-state index contributed by atoms with van der Waals surface area (Å²) >= 11 is 0. The second-order valence-corrected chi connectivity index (χ2v) is 4.04. The van der Waals surface area contributed by atoms with Crippen LogP contribution in [0.2, 0.25) is 0 Å². The normalized spacial score (nSPS) is 12.8. The van der Waals surface area contributed by atoms with Crippen molar-refractivity contribution >= 4 is 12.0 Å². The van der Waals surface area contributed by atoms with Gasteiger partial charge in [-0.1, -0.05) is 13.0 Å². The van der Waals surface area contributed by atoms with Gasteiger partial charge in [-0.25, -0.2) is 9.18 Å². The van der Waals surface area contributed by atoms with Gasteiger partial charge in [-0.05, 0) is 42.7 Å². The molecule has 1 atom stereocenters. The van der Waals surface area contributed by atoms with Gasteiger partial charge in [0.2, 0.25) is 0 Å². The van der Waals surface area contributed by atoms with E-state index in [0.29, 0.717) is 12.2 Å². The smallest absolute Gasteiger partial charge is 0.328 e. The third-order valence-electron chi connectivity index (χ3n) is 2.61. The molecule has 1 unspecified atom stereocenters. The molecule has 0 aliphatic carbocycles. The Morgan fingerprint density at radius 3 is 2.89 bits per heavy atom. The molecule has 1 aromatic carbocycles. The van der Waals surface area contributed by atoms with Gasteiger partial charge < -0.3 is 9.84 Å². The van der Waals surface area contributed by atoms with Crippen LogP contribution in [0.5, 0.6) is 0 Å². The molecule has 1 aromatic rings. The van der Waals surface area contributed by atoms with Crippen LogP contribution >= 0.6 is 0 Å². The summed E-state index contributed by atoms with van der Waals surface area (Å²) < 4.78 is 18.7. The average molecular weight is 252 g/mol. The van der Waals surface area contributed by atoms with E-state index >= 15 is 0 Å². The van der Waals surface area contributed by atoms with Crippen molar-refractivity contribution in [2.24, 2.45) is 0 Å². The molecule has 0 saturated heterocycles. The third kappa shape index (κ3) is 4.67. The van der Waals surface area contributed by atoms with Crippen LogP contribution < -0.4 is 0 Å². The monoisotopic (exact) mass is 252 g/mol. The molecule has 0 fully saturated rings. The highest BCUT2D eigenvalue weighted by atomic mass is 19.1. The van der Waals surface area contributed by atoms with Crippen molar-refractivity contribution in [1.82, 2.24) is 0 Å². The van der Waals surface area contributed by atoms with E-state index in [-0.39, 0.29) is 6.10 Å². The van der Waals surface area contributed by atoms with Crippen LogP contribution in [0, 0.1) is 5.82 Å². The molecule has 4 heteroatoms. The number of hydrogen-bond acceptors (Lipinski definition) is 2. The van der Waals surface area contributed by atoms with Crippen LogP contribution in [0.15, 0.2) is 24.3 Å². The molecular formula is C14H17FO3. The highest BCUT2D eigenvalue weighted by Gasteiger charge is 2.05. The largest absolute Gasteiger partial charge is 0.478 e. The fourth-order valence-electron chi connectivity index (χ4n) is 1.36. The summed E-state index contributed by atoms with van der Waals surface area (Å²) in [5.41, 5.74) is 1.30. The summed E-state index contributed by atoms with van der Waals surface area (Å²) in [7, 11) is 0. The van der Waals surface area contributed by atoms with Gasteiger partial charge >= 0.3 is 5.97 Å². The highest BCUT2D eigenvalue weighted by molar-refractivity contribution is 5.85. The molecule has 0 bridgehead atoms. The minimum atomic E-state index is -1.06. The van der Waals surface area contributed by atoms with E-state index in [4.69, 9.17) is 9.84 Å². The summed E-state index contributed by atoms with van der Waals surface area (Å²) in [6.07, 6.45) is 3.37. The summed E-state index contributed by atoms with van der Waals surface area (Å²) in [4.78, 5) is 10.5. The Hall–Kier alpha value is -1.68. The highest BCUT2D eigenvalue weighted by Crippen LogP contribution is 2.15. The van der Waals surface area contributed by atoms with E-state index in [1.54, 1.807) is 6.07 Å². The summed E-state index contributed by atoms with van der Waals surface area (Å²) in [6, 6.07) is 4.25. The molecule has 0 aliphatic rings. The molecule has 0 saturated carbocycles. The average Bonchev–Trinajstić information content (AvgIpc) is 2.34. The first kappa shape index (κ1) is 14.4. The number of carboxylic acid groups (broad SMARTS) is 1. The second kappa shape index (κ2) is 6.91. The minimum Gasteiger partial charge on any atom is -0.478 e. The zero-order chi connectivity index (χ0) is 13.5. The molecule has 18 heavy (non-hydrogen) atoms. The number of halogens is 1. The number of aliphatic carboxylic acids is 1. The quantitative estimate of drug-likeness (QED) is 0.790. The third-order valence-corrected chi connectivity index (χ3v) is 2.61. The predicted molar refractivity (Wildman–Crippen MR) is 67.6 cm³/mol. The predicted octanol–water partition coefficient (Wildman–Crippen LogP) is 3.24. The SMILES string of the molecule is CCC(C)OCc1ccc(F)cc1C=CC(=O)O. The molecule has 0 aliphatic heterocycles. The molecule has 1 N–H and O–H groups in total. The Morgan fingerprint density at radius 2 is 2.28 bits per heavy atom. The Bertz CT molecular complexity index is 441. The van der Waals surface area contributed by atoms with Gasteiger partial charge in [-0.3, -0.25) is 0 Å². The lowest BCUT2D eigenvalue weighted by Gasteiger charge is -2.12. The molecule has 0 aromatic heterocycles. The van der Waals surface area contributed by atoms with E-state index in [1.165, 1.54) is 18.2 Å². The van der Waals surface area contributed by atoms with Gasteiger partial charge in [0.05, 0.1) is 12.7 Å². The van der Waals surface area contributed by atoms with Crippen LogP contribution in [-0.2, 0) is 16.1 Å². The van der Waals surface area contributed by atoms with Gasteiger partial charge in [0, 0.05) is 6.08 Å². The van der Waals surface area contributed by atoms with Crippen LogP contribution in [0.4, 0.5) is 4.39 Å². The van der Waals surface area contributed by atoms with Crippen LogP contribution in [0.3, 0.4) is 0 Å². The summed E-state index contributed by atoms with van der Waals surface area (Å²) in [6.45, 7) is 4.31. The molecule has 0 amide bonds. The van der Waals surface area contributed by atoms with Crippen molar-refractivity contribution in [2.75, 3.05) is 0 Å². The zero-order valence-electron chi connectivity index (χ0n) is 10.5. The van der Waals surface area contributed by atoms with Gasteiger partial charge in [-0.2, -0.15) is 0 Å². The Labute approximate surface area is 106 Å². The maximum absolute atomic E-state index is 13.1. The lowest BCUT2D eigenvalue weighted by molar-refractivity contribution is -0.131. The number of carbonyl (C=O) groups is 1. The van der Waals surface area contributed by atoms with E-state index in [2.05, 4.69) is 0 Å². The molecule has 0 heterocycles. The summed E-state index contributed by atoms with van der Waals surface area (Å²) in [5, 5.41) is 8.58. The first-order valence-corrected chi connectivity index (χ1v) is 5.84. The first-order valence-electron chi connectivity index (χ1n) is 5.84. The van der Waals surface area contributed by atoms with Crippen molar-refractivity contribution in [2.45, 2.75) is 33.0 Å². The van der Waals surface area contributed by atoms with E-state index < -0.39 is 11.8 Å². The van der Waals surface area contributed by atoms with Gasteiger partial charge in [0.15, 0.2) is 0 Å². The number of hydrogen-bond donors (Lipinski definition) is 1. The zero-order valence-corrected chi connectivity index (χ0v) is 10.5. The van der Waals surface area contributed by atoms with Crippen molar-refractivity contribution in [3.63, 3.8) is 0 Å². The number of benzene rings is 1. The molecular weight excluding hydrogens is 235 g/mol. The minimum absolute atomic E-state index is 0.117. The van der Waals surface area contributed by atoms with Gasteiger partial charge in [0.1, 0.15) is 5.82 Å². The Morgan fingerprint density at radius 1 is 1.56 bits per heavy atom. The van der Waals surface area contributed by atoms with Gasteiger partial charge in [0.25, 0.3) is 0 Å². The van der Waals surface area contributed by atoms with Crippen LogP contribution in [0.1, 0.15) is 31.4 Å². The Balaban J connectivity index is 2.86. The Kier molecular flexibility index (Phi) is 5.52. The van der Waals surface area contributed by atoms with Crippen LogP contribution in [-0.4, -0.2) is 17.2 Å². The van der Waals surface area contributed by atoms with Crippen molar-refractivity contribution in [3.05, 3.63) is 41.2 Å². The molecule has 0 radical (unpaired) electrons. The molecule has 98 valence electrons. The van der Waals surface area contributed by atoms with Crippen molar-refractivity contribution in [3.8, 4) is 0 Å². The van der Waals surface area contributed by atoms with Crippen molar-refractivity contribution in [1.29, 1.82) is 0 Å². The topological polar surface area (TPSA) is 46.5 Å². The lowest BCUT2D eigenvalue weighted by Crippen LogP contribution is -2.07. The maximum Gasteiger partial charge on any atom is 0.328 e. The number of rotatable bonds is 6. The van der Waals surface area contributed by atoms with Gasteiger partial charge in [-0.15, -0.1) is 0 Å². The number of ether oxygens (including phenoxy) is 1. The fourth-order valence-corrected chi connectivity index (χ4v) is 1.36. The van der Waals surface area contributed by atoms with Crippen molar-refractivity contribution < 1.29 is 19.0 Å². The summed E-state index contributed by atoms with van der Waals surface area (Å²) in [5.74, 6) is -1.46. The van der Waals surface area contributed by atoms with E-state index in [9.17, 15) is 9.18 Å². The van der Waals surface area contributed by atoms with E-state index in [1.807, 2.05) is 13.8 Å². The standard InChI is InChI=1S/C14H17FO3/c1-3-10(2)18-9-12-4-6-13(15)8-11(12)5-7-14(16)17/h4-8,10H,3,9H2,1-2H3,(H,16,17).